The molecule has 0 radical (unpaired) electrons. The lowest BCUT2D eigenvalue weighted by Crippen LogP contribution is -2.23. The fourth-order valence-electron chi connectivity index (χ4n) is 3.04. The van der Waals surface area contributed by atoms with Gasteiger partial charge in [0.2, 0.25) is 0 Å². The summed E-state index contributed by atoms with van der Waals surface area (Å²) in [5.41, 5.74) is 4.67. The number of hydrogen-bond acceptors (Lipinski definition) is 2. The van der Waals surface area contributed by atoms with Crippen molar-refractivity contribution in [3.8, 4) is 5.69 Å². The summed E-state index contributed by atoms with van der Waals surface area (Å²) in [5.74, 6) is -0.0614. The molecule has 0 aliphatic carbocycles. The van der Waals surface area contributed by atoms with Gasteiger partial charge in [-0.3, -0.25) is 4.79 Å². The Balaban J connectivity index is 1.49. The van der Waals surface area contributed by atoms with Crippen LogP contribution in [0.5, 0.6) is 0 Å². The quantitative estimate of drug-likeness (QED) is 0.600. The molecule has 0 spiro atoms. The summed E-state index contributed by atoms with van der Waals surface area (Å²) in [5, 5.41) is 3.96. The number of nitrogens with zero attached hydrogens (tertiary/aromatic N) is 2. The number of fused-ring (bicyclic) bond motifs is 1. The zero-order chi connectivity index (χ0) is 17.2. The molecule has 2 N–H and O–H groups in total. The molecule has 5 heteroatoms. The molecule has 4 rings (SSSR count). The number of aryl methyl sites for hydroxylation is 1. The average Bonchev–Trinajstić information content (AvgIpc) is 3.27. The minimum Gasteiger partial charge on any atom is -0.358 e. The van der Waals surface area contributed by atoms with Crippen LogP contribution in [0.3, 0.4) is 0 Å². The van der Waals surface area contributed by atoms with Gasteiger partial charge in [-0.25, -0.2) is 4.98 Å². The molecule has 0 atom stereocenters. The van der Waals surface area contributed by atoms with Gasteiger partial charge >= 0.3 is 0 Å². The van der Waals surface area contributed by atoms with E-state index < -0.39 is 0 Å². The maximum absolute atomic E-state index is 12.6. The van der Waals surface area contributed by atoms with Crippen molar-refractivity contribution in [1.82, 2.24) is 19.9 Å². The normalized spacial score (nSPS) is 10.9. The Morgan fingerprint density at radius 2 is 1.96 bits per heavy atom. The number of para-hydroxylation sites is 1. The second kappa shape index (κ2) is 6.28. The largest absolute Gasteiger partial charge is 0.358 e. The number of aromatic amines is 1. The fourth-order valence-corrected chi connectivity index (χ4v) is 3.04. The molecule has 4 aromatic rings. The van der Waals surface area contributed by atoms with Crippen LogP contribution in [0, 0.1) is 6.92 Å². The predicted octanol–water partition coefficient (Wildman–Crippen LogP) is 3.59. The first kappa shape index (κ1) is 15.2. The van der Waals surface area contributed by atoms with Gasteiger partial charge in [0.05, 0.1) is 11.9 Å². The Morgan fingerprint density at radius 3 is 2.72 bits per heavy atom. The number of carbonyl (C=O) groups is 1. The maximum atomic E-state index is 12.6. The third kappa shape index (κ3) is 2.92. The Kier molecular flexibility index (Phi) is 3.82. The monoisotopic (exact) mass is 330 g/mol. The average molecular weight is 330 g/mol. The van der Waals surface area contributed by atoms with Gasteiger partial charge in [0.15, 0.2) is 0 Å². The van der Waals surface area contributed by atoms with Gasteiger partial charge < -0.3 is 14.9 Å². The number of H-pyrrole nitrogens is 1. The highest BCUT2D eigenvalue weighted by atomic mass is 16.1. The standard InChI is InChI=1S/C20H18N4O/c1-14-19(17-4-2-3-5-18(17)23-14)20(25)22-12-15-6-8-16(9-7-15)24-11-10-21-13-24/h2-11,13,23H,12H2,1H3,(H,22,25). The minimum atomic E-state index is -0.0614. The van der Waals surface area contributed by atoms with Crippen molar-refractivity contribution in [1.29, 1.82) is 0 Å². The number of nitrogens with one attached hydrogen (secondary N) is 2. The second-order valence-corrected chi connectivity index (χ2v) is 5.99. The lowest BCUT2D eigenvalue weighted by atomic mass is 10.1. The van der Waals surface area contributed by atoms with E-state index >= 15 is 0 Å². The molecule has 0 saturated heterocycles. The molecule has 5 nitrogen and oxygen atoms in total. The summed E-state index contributed by atoms with van der Waals surface area (Å²) in [6.07, 6.45) is 5.41. The van der Waals surface area contributed by atoms with Crippen LogP contribution in [-0.2, 0) is 6.54 Å². The van der Waals surface area contributed by atoms with Crippen molar-refractivity contribution in [2.24, 2.45) is 0 Å². The summed E-state index contributed by atoms with van der Waals surface area (Å²) in [6.45, 7) is 2.41. The van der Waals surface area contributed by atoms with Crippen LogP contribution < -0.4 is 5.32 Å². The van der Waals surface area contributed by atoms with E-state index in [-0.39, 0.29) is 5.91 Å². The number of benzene rings is 2. The van der Waals surface area contributed by atoms with Gasteiger partial charge in [-0.05, 0) is 30.7 Å². The van der Waals surface area contributed by atoms with Crippen LogP contribution in [0.2, 0.25) is 0 Å². The number of imidazole rings is 1. The van der Waals surface area contributed by atoms with Crippen molar-refractivity contribution < 1.29 is 4.79 Å². The number of rotatable bonds is 4. The van der Waals surface area contributed by atoms with E-state index in [2.05, 4.69) is 15.3 Å². The highest BCUT2D eigenvalue weighted by Crippen LogP contribution is 2.21. The van der Waals surface area contributed by atoms with Crippen LogP contribution >= 0.6 is 0 Å². The first-order valence-corrected chi connectivity index (χ1v) is 8.15. The van der Waals surface area contributed by atoms with Crippen LogP contribution in [0.4, 0.5) is 0 Å². The maximum Gasteiger partial charge on any atom is 0.253 e. The molecule has 25 heavy (non-hydrogen) atoms. The topological polar surface area (TPSA) is 62.7 Å². The zero-order valence-corrected chi connectivity index (χ0v) is 13.9. The van der Waals surface area contributed by atoms with Crippen molar-refractivity contribution in [2.75, 3.05) is 0 Å². The van der Waals surface area contributed by atoms with E-state index in [1.807, 2.05) is 66.2 Å². The highest BCUT2D eigenvalue weighted by molar-refractivity contribution is 6.08. The predicted molar refractivity (Wildman–Crippen MR) is 97.8 cm³/mol. The van der Waals surface area contributed by atoms with E-state index in [1.54, 1.807) is 12.5 Å². The van der Waals surface area contributed by atoms with E-state index in [0.717, 1.165) is 27.8 Å². The highest BCUT2D eigenvalue weighted by Gasteiger charge is 2.15. The smallest absolute Gasteiger partial charge is 0.253 e. The summed E-state index contributed by atoms with van der Waals surface area (Å²) in [6, 6.07) is 15.9. The van der Waals surface area contributed by atoms with Gasteiger partial charge in [-0.15, -0.1) is 0 Å². The summed E-state index contributed by atoms with van der Waals surface area (Å²) >= 11 is 0. The van der Waals surface area contributed by atoms with Gasteiger partial charge in [0, 0.05) is 41.2 Å². The molecule has 1 amide bonds. The lowest BCUT2D eigenvalue weighted by molar-refractivity contribution is 0.0952. The van der Waals surface area contributed by atoms with Crippen LogP contribution in [0.15, 0.2) is 67.3 Å². The molecule has 0 aliphatic heterocycles. The Morgan fingerprint density at radius 1 is 1.16 bits per heavy atom. The van der Waals surface area contributed by atoms with Crippen LogP contribution in [0.1, 0.15) is 21.6 Å². The molecule has 0 fully saturated rings. The fraction of sp³-hybridized carbons (Fsp3) is 0.100. The van der Waals surface area contributed by atoms with Gasteiger partial charge in [-0.1, -0.05) is 30.3 Å². The molecule has 2 heterocycles. The van der Waals surface area contributed by atoms with Gasteiger partial charge in [-0.2, -0.15) is 0 Å². The summed E-state index contributed by atoms with van der Waals surface area (Å²) in [4.78, 5) is 19.9. The molecule has 2 aromatic heterocycles. The zero-order valence-electron chi connectivity index (χ0n) is 13.9. The van der Waals surface area contributed by atoms with E-state index in [9.17, 15) is 4.79 Å². The molecule has 124 valence electrons. The lowest BCUT2D eigenvalue weighted by Gasteiger charge is -2.07. The third-order valence-corrected chi connectivity index (χ3v) is 4.31. The molecular formula is C20H18N4O. The Bertz CT molecular complexity index is 1010. The first-order valence-electron chi connectivity index (χ1n) is 8.15. The van der Waals surface area contributed by atoms with Gasteiger partial charge in [0.1, 0.15) is 0 Å². The Labute approximate surface area is 145 Å². The van der Waals surface area contributed by atoms with Crippen molar-refractivity contribution in [3.05, 3.63) is 84.1 Å². The molecular weight excluding hydrogens is 312 g/mol. The second-order valence-electron chi connectivity index (χ2n) is 5.99. The van der Waals surface area contributed by atoms with Crippen LogP contribution in [0.25, 0.3) is 16.6 Å². The molecule has 0 saturated carbocycles. The molecule has 2 aromatic carbocycles. The molecule has 0 aliphatic rings. The van der Waals surface area contributed by atoms with E-state index in [0.29, 0.717) is 12.1 Å². The number of hydrogen-bond donors (Lipinski definition) is 2. The number of amides is 1. The minimum absolute atomic E-state index is 0.0614. The van der Waals surface area contributed by atoms with Crippen LogP contribution in [-0.4, -0.2) is 20.4 Å². The summed E-state index contributed by atoms with van der Waals surface area (Å²) < 4.78 is 1.94. The van der Waals surface area contributed by atoms with Gasteiger partial charge in [0.25, 0.3) is 5.91 Å². The third-order valence-electron chi connectivity index (χ3n) is 4.31. The SMILES string of the molecule is Cc1[nH]c2ccccc2c1C(=O)NCc1ccc(-n2ccnc2)cc1. The Hall–Kier alpha value is -3.34. The molecule has 0 bridgehead atoms. The number of aromatic nitrogens is 3. The first-order chi connectivity index (χ1) is 12.2. The summed E-state index contributed by atoms with van der Waals surface area (Å²) in [7, 11) is 0. The van der Waals surface area contributed by atoms with Crippen molar-refractivity contribution in [2.45, 2.75) is 13.5 Å². The van der Waals surface area contributed by atoms with Crippen molar-refractivity contribution in [3.63, 3.8) is 0 Å². The van der Waals surface area contributed by atoms with E-state index in [1.165, 1.54) is 0 Å². The molecule has 0 unspecified atom stereocenters. The van der Waals surface area contributed by atoms with E-state index in [4.69, 9.17) is 0 Å². The number of carbonyl (C=O) groups excluding carboxylic acids is 1. The van der Waals surface area contributed by atoms with Crippen molar-refractivity contribution >= 4 is 16.8 Å².